The van der Waals surface area contributed by atoms with Crippen LogP contribution < -0.4 is 10.1 Å². The molecule has 1 aromatic heterocycles. The van der Waals surface area contributed by atoms with Crippen LogP contribution in [-0.2, 0) is 15.8 Å². The average molecular weight is 343 g/mol. The molecule has 1 unspecified atom stereocenters. The first kappa shape index (κ1) is 17.5. The molecule has 5 heteroatoms. The van der Waals surface area contributed by atoms with Crippen LogP contribution in [0.4, 0.5) is 0 Å². The molecule has 134 valence electrons. The molecule has 1 atom stereocenters. The molecule has 0 bridgehead atoms. The Bertz CT molecular complexity index is 698. The molecule has 0 radical (unpaired) electrons. The molecule has 5 nitrogen and oxygen atoms in total. The van der Waals surface area contributed by atoms with Crippen molar-refractivity contribution in [1.82, 2.24) is 5.32 Å². The normalized spacial score (nSPS) is 18.5. The predicted molar refractivity (Wildman–Crippen MR) is 94.4 cm³/mol. The summed E-state index contributed by atoms with van der Waals surface area (Å²) in [6.45, 7) is 1.75. The third-order valence-electron chi connectivity index (χ3n) is 5.18. The highest BCUT2D eigenvalue weighted by atomic mass is 16.5. The molecule has 3 rings (SSSR count). The van der Waals surface area contributed by atoms with Crippen LogP contribution in [-0.4, -0.2) is 24.7 Å². The van der Waals surface area contributed by atoms with Gasteiger partial charge in [0.15, 0.2) is 0 Å². The minimum Gasteiger partial charge on any atom is -0.497 e. The van der Waals surface area contributed by atoms with E-state index in [-0.39, 0.29) is 12.5 Å². The van der Waals surface area contributed by atoms with Crippen molar-refractivity contribution in [2.45, 2.75) is 43.6 Å². The van der Waals surface area contributed by atoms with Crippen molar-refractivity contribution < 1.29 is 19.1 Å². The molecular weight excluding hydrogens is 318 g/mol. The number of nitrogens with one attached hydrogen (secondary N) is 1. The molecule has 1 aliphatic carbocycles. The predicted octanol–water partition coefficient (Wildman–Crippen LogP) is 3.12. The summed E-state index contributed by atoms with van der Waals surface area (Å²) in [5, 5.41) is 13.5. The van der Waals surface area contributed by atoms with Gasteiger partial charge in [0.25, 0.3) is 0 Å². The minimum absolute atomic E-state index is 0.0398. The van der Waals surface area contributed by atoms with Crippen molar-refractivity contribution >= 4 is 5.91 Å². The van der Waals surface area contributed by atoms with Gasteiger partial charge >= 0.3 is 0 Å². The van der Waals surface area contributed by atoms with Gasteiger partial charge in [0, 0.05) is 0 Å². The summed E-state index contributed by atoms with van der Waals surface area (Å²) in [6, 6.07) is 11.1. The molecule has 2 N–H and O–H groups in total. The maximum atomic E-state index is 13.1. The number of hydrogen-bond donors (Lipinski definition) is 2. The van der Waals surface area contributed by atoms with Crippen LogP contribution in [0.25, 0.3) is 0 Å². The lowest BCUT2D eigenvalue weighted by molar-refractivity contribution is -0.128. The number of furan rings is 1. The van der Waals surface area contributed by atoms with Crippen LogP contribution in [0.15, 0.2) is 47.1 Å². The molecule has 1 aliphatic rings. The van der Waals surface area contributed by atoms with E-state index in [1.54, 1.807) is 26.2 Å². The fourth-order valence-corrected chi connectivity index (χ4v) is 3.63. The summed E-state index contributed by atoms with van der Waals surface area (Å²) in [7, 11) is 1.63. The fourth-order valence-electron chi connectivity index (χ4n) is 3.63. The second-order valence-electron chi connectivity index (χ2n) is 6.95. The molecule has 2 aromatic rings. The lowest BCUT2D eigenvalue weighted by atomic mass is 9.78. The number of benzene rings is 1. The molecule has 1 aromatic carbocycles. The standard InChI is InChI=1S/C20H25NO4/c1-19(23,17-6-5-13-25-17)14-21-18(22)20(11-3-4-12-20)15-7-9-16(24-2)10-8-15/h5-10,13,23H,3-4,11-12,14H2,1-2H3,(H,21,22). The van der Waals surface area contributed by atoms with Gasteiger partial charge in [0.05, 0.1) is 25.3 Å². The van der Waals surface area contributed by atoms with Gasteiger partial charge in [0.2, 0.25) is 5.91 Å². The molecule has 1 saturated carbocycles. The van der Waals surface area contributed by atoms with Crippen molar-refractivity contribution in [3.05, 3.63) is 54.0 Å². The fraction of sp³-hybridized carbons (Fsp3) is 0.450. The lowest BCUT2D eigenvalue weighted by Gasteiger charge is -2.30. The van der Waals surface area contributed by atoms with Gasteiger partial charge in [0.1, 0.15) is 17.1 Å². The Labute approximate surface area is 148 Å². The van der Waals surface area contributed by atoms with Gasteiger partial charge in [-0.15, -0.1) is 0 Å². The monoisotopic (exact) mass is 343 g/mol. The summed E-state index contributed by atoms with van der Waals surface area (Å²) in [5.41, 5.74) is -0.773. The zero-order valence-electron chi connectivity index (χ0n) is 14.7. The summed E-state index contributed by atoms with van der Waals surface area (Å²) in [5.74, 6) is 1.18. The Morgan fingerprint density at radius 2 is 1.96 bits per heavy atom. The van der Waals surface area contributed by atoms with Crippen molar-refractivity contribution in [3.8, 4) is 5.75 Å². The van der Waals surface area contributed by atoms with Gasteiger partial charge < -0.3 is 19.6 Å². The first-order valence-electron chi connectivity index (χ1n) is 8.67. The number of carbonyl (C=O) groups excluding carboxylic acids is 1. The molecule has 1 heterocycles. The molecular formula is C20H25NO4. The van der Waals surface area contributed by atoms with Crippen molar-refractivity contribution in [3.63, 3.8) is 0 Å². The molecule has 25 heavy (non-hydrogen) atoms. The van der Waals surface area contributed by atoms with E-state index in [9.17, 15) is 9.90 Å². The largest absolute Gasteiger partial charge is 0.497 e. The maximum absolute atomic E-state index is 13.1. The minimum atomic E-state index is -1.24. The average Bonchev–Trinajstić information content (AvgIpc) is 3.32. The smallest absolute Gasteiger partial charge is 0.230 e. The Hall–Kier alpha value is -2.27. The van der Waals surface area contributed by atoms with Gasteiger partial charge in [-0.1, -0.05) is 25.0 Å². The summed E-state index contributed by atoms with van der Waals surface area (Å²) in [6.07, 6.45) is 5.19. The lowest BCUT2D eigenvalue weighted by Crippen LogP contribution is -2.47. The van der Waals surface area contributed by atoms with Gasteiger partial charge in [-0.05, 0) is 49.6 Å². The quantitative estimate of drug-likeness (QED) is 0.845. The van der Waals surface area contributed by atoms with E-state index in [0.29, 0.717) is 5.76 Å². The highest BCUT2D eigenvalue weighted by molar-refractivity contribution is 5.88. The highest BCUT2D eigenvalue weighted by Crippen LogP contribution is 2.42. The van der Waals surface area contributed by atoms with Gasteiger partial charge in [-0.2, -0.15) is 0 Å². The van der Waals surface area contributed by atoms with Crippen LogP contribution in [0, 0.1) is 0 Å². The first-order valence-corrected chi connectivity index (χ1v) is 8.67. The molecule has 1 fully saturated rings. The second-order valence-corrected chi connectivity index (χ2v) is 6.95. The zero-order valence-corrected chi connectivity index (χ0v) is 14.7. The number of hydrogen-bond acceptors (Lipinski definition) is 4. The van der Waals surface area contributed by atoms with E-state index in [1.807, 2.05) is 24.3 Å². The van der Waals surface area contributed by atoms with E-state index in [0.717, 1.165) is 37.0 Å². The number of methoxy groups -OCH3 is 1. The molecule has 1 amide bonds. The Balaban J connectivity index is 1.77. The number of ether oxygens (including phenoxy) is 1. The van der Waals surface area contributed by atoms with Crippen LogP contribution in [0.2, 0.25) is 0 Å². The first-order chi connectivity index (χ1) is 12.0. The molecule has 0 saturated heterocycles. The number of carbonyl (C=O) groups is 1. The van der Waals surface area contributed by atoms with E-state index in [1.165, 1.54) is 6.26 Å². The Morgan fingerprint density at radius 3 is 2.52 bits per heavy atom. The topological polar surface area (TPSA) is 71.7 Å². The number of rotatable bonds is 6. The van der Waals surface area contributed by atoms with Crippen molar-refractivity contribution in [2.24, 2.45) is 0 Å². The van der Waals surface area contributed by atoms with E-state index < -0.39 is 11.0 Å². The van der Waals surface area contributed by atoms with Crippen molar-refractivity contribution in [1.29, 1.82) is 0 Å². The summed E-state index contributed by atoms with van der Waals surface area (Å²) >= 11 is 0. The molecule has 0 spiro atoms. The third-order valence-corrected chi connectivity index (χ3v) is 5.18. The summed E-state index contributed by atoms with van der Waals surface area (Å²) in [4.78, 5) is 13.1. The van der Waals surface area contributed by atoms with Crippen LogP contribution in [0.1, 0.15) is 43.9 Å². The Morgan fingerprint density at radius 1 is 1.28 bits per heavy atom. The van der Waals surface area contributed by atoms with E-state index in [2.05, 4.69) is 5.32 Å². The highest BCUT2D eigenvalue weighted by Gasteiger charge is 2.43. The second kappa shape index (κ2) is 6.92. The number of amides is 1. The number of aliphatic hydroxyl groups is 1. The van der Waals surface area contributed by atoms with E-state index in [4.69, 9.17) is 9.15 Å². The van der Waals surface area contributed by atoms with Crippen molar-refractivity contribution in [2.75, 3.05) is 13.7 Å². The third kappa shape index (κ3) is 3.42. The van der Waals surface area contributed by atoms with E-state index >= 15 is 0 Å². The van der Waals surface area contributed by atoms with Crippen LogP contribution >= 0.6 is 0 Å². The van der Waals surface area contributed by atoms with Gasteiger partial charge in [-0.3, -0.25) is 4.79 Å². The maximum Gasteiger partial charge on any atom is 0.230 e. The molecule has 0 aliphatic heterocycles. The SMILES string of the molecule is COc1ccc(C2(C(=O)NCC(C)(O)c3ccco3)CCCC2)cc1. The Kier molecular flexibility index (Phi) is 4.86. The van der Waals surface area contributed by atoms with Gasteiger partial charge in [-0.25, -0.2) is 0 Å². The van der Waals surface area contributed by atoms with Crippen LogP contribution in [0.3, 0.4) is 0 Å². The van der Waals surface area contributed by atoms with Crippen LogP contribution in [0.5, 0.6) is 5.75 Å². The zero-order chi connectivity index (χ0) is 17.9. The summed E-state index contributed by atoms with van der Waals surface area (Å²) < 4.78 is 10.5.